The highest BCUT2D eigenvalue weighted by Gasteiger charge is 2.08. The molecular formula is C11H9ClN2OS2. The summed E-state index contributed by atoms with van der Waals surface area (Å²) in [4.78, 5) is 16.0. The van der Waals surface area contributed by atoms with Gasteiger partial charge in [0.2, 0.25) is 0 Å². The Labute approximate surface area is 112 Å². The third kappa shape index (κ3) is 3.52. The van der Waals surface area contributed by atoms with Crippen LogP contribution in [0.3, 0.4) is 0 Å². The standard InChI is InChI=1S/C11H9ClN2OS2/c1-7-13-11(17-14-7)16-6-10(15)8-2-4-9(12)5-3-8/h2-5H,6H2,1H3. The Morgan fingerprint density at radius 3 is 2.71 bits per heavy atom. The number of carbonyl (C=O) groups is 1. The first-order valence-corrected chi connectivity index (χ1v) is 7.01. The Bertz CT molecular complexity index is 525. The zero-order valence-electron chi connectivity index (χ0n) is 9.01. The number of hydrogen-bond donors (Lipinski definition) is 0. The van der Waals surface area contributed by atoms with Gasteiger partial charge in [-0.2, -0.15) is 4.37 Å². The fourth-order valence-electron chi connectivity index (χ4n) is 1.18. The fourth-order valence-corrected chi connectivity index (χ4v) is 2.85. The molecule has 2 aromatic rings. The van der Waals surface area contributed by atoms with Gasteiger partial charge in [0.15, 0.2) is 10.1 Å². The number of benzene rings is 1. The minimum absolute atomic E-state index is 0.0690. The van der Waals surface area contributed by atoms with Crippen molar-refractivity contribution in [3.63, 3.8) is 0 Å². The lowest BCUT2D eigenvalue weighted by atomic mass is 10.1. The van der Waals surface area contributed by atoms with Gasteiger partial charge in [-0.3, -0.25) is 4.79 Å². The minimum Gasteiger partial charge on any atom is -0.293 e. The summed E-state index contributed by atoms with van der Waals surface area (Å²) in [7, 11) is 0. The number of carbonyl (C=O) groups excluding carboxylic acids is 1. The van der Waals surface area contributed by atoms with E-state index < -0.39 is 0 Å². The average Bonchev–Trinajstić information content (AvgIpc) is 2.73. The molecule has 0 saturated carbocycles. The van der Waals surface area contributed by atoms with Crippen LogP contribution in [0.15, 0.2) is 28.6 Å². The van der Waals surface area contributed by atoms with Crippen LogP contribution in [0, 0.1) is 6.92 Å². The molecule has 0 aliphatic heterocycles. The maximum Gasteiger partial charge on any atom is 0.173 e. The smallest absolute Gasteiger partial charge is 0.173 e. The molecule has 1 aromatic carbocycles. The number of rotatable bonds is 4. The lowest BCUT2D eigenvalue weighted by Crippen LogP contribution is -2.01. The Kier molecular flexibility index (Phi) is 4.15. The van der Waals surface area contributed by atoms with Gasteiger partial charge in [0.25, 0.3) is 0 Å². The van der Waals surface area contributed by atoms with E-state index in [1.54, 1.807) is 24.3 Å². The predicted molar refractivity (Wildman–Crippen MR) is 71.2 cm³/mol. The number of aromatic nitrogens is 2. The number of hydrogen-bond acceptors (Lipinski definition) is 5. The van der Waals surface area contributed by atoms with Crippen molar-refractivity contribution in [1.82, 2.24) is 9.36 Å². The largest absolute Gasteiger partial charge is 0.293 e. The number of ketones is 1. The van der Waals surface area contributed by atoms with Crippen LogP contribution in [0.2, 0.25) is 5.02 Å². The van der Waals surface area contributed by atoms with Gasteiger partial charge in [0.1, 0.15) is 5.82 Å². The predicted octanol–water partition coefficient (Wildman–Crippen LogP) is 3.47. The summed E-state index contributed by atoms with van der Waals surface area (Å²) in [5, 5.41) is 0.633. The Balaban J connectivity index is 1.95. The Morgan fingerprint density at radius 2 is 2.12 bits per heavy atom. The summed E-state index contributed by atoms with van der Waals surface area (Å²) in [5.74, 6) is 1.19. The monoisotopic (exact) mass is 284 g/mol. The molecular weight excluding hydrogens is 276 g/mol. The molecule has 6 heteroatoms. The Morgan fingerprint density at radius 1 is 1.41 bits per heavy atom. The van der Waals surface area contributed by atoms with Crippen LogP contribution in [0.25, 0.3) is 0 Å². The third-order valence-corrected chi connectivity index (χ3v) is 4.18. The molecule has 0 bridgehead atoms. The molecule has 0 N–H and O–H groups in total. The number of aryl methyl sites for hydroxylation is 1. The van der Waals surface area contributed by atoms with E-state index in [1.165, 1.54) is 23.3 Å². The number of Topliss-reactive ketones (excluding diaryl/α,β-unsaturated/α-hetero) is 1. The minimum atomic E-state index is 0.0690. The molecule has 1 aromatic heterocycles. The molecule has 88 valence electrons. The Hall–Kier alpha value is -0.910. The maximum absolute atomic E-state index is 11.8. The van der Waals surface area contributed by atoms with Crippen LogP contribution in [0.1, 0.15) is 16.2 Å². The van der Waals surface area contributed by atoms with Crippen LogP contribution < -0.4 is 0 Å². The molecule has 0 aliphatic carbocycles. The van der Waals surface area contributed by atoms with Gasteiger partial charge in [-0.25, -0.2) is 4.98 Å². The highest BCUT2D eigenvalue weighted by molar-refractivity contribution is 8.01. The fraction of sp³-hybridized carbons (Fsp3) is 0.182. The quantitative estimate of drug-likeness (QED) is 0.637. The van der Waals surface area contributed by atoms with Gasteiger partial charge in [0.05, 0.1) is 5.75 Å². The van der Waals surface area contributed by atoms with Crippen molar-refractivity contribution in [2.75, 3.05) is 5.75 Å². The molecule has 17 heavy (non-hydrogen) atoms. The number of thioether (sulfide) groups is 1. The van der Waals surface area contributed by atoms with E-state index in [0.29, 0.717) is 16.3 Å². The van der Waals surface area contributed by atoms with Crippen molar-refractivity contribution < 1.29 is 4.79 Å². The maximum atomic E-state index is 11.8. The van der Waals surface area contributed by atoms with Crippen molar-refractivity contribution >= 4 is 40.7 Å². The second-order valence-electron chi connectivity index (χ2n) is 3.33. The summed E-state index contributed by atoms with van der Waals surface area (Å²) in [6.07, 6.45) is 0. The lowest BCUT2D eigenvalue weighted by Gasteiger charge is -1.99. The van der Waals surface area contributed by atoms with E-state index in [2.05, 4.69) is 9.36 Å². The molecule has 0 radical (unpaired) electrons. The van der Waals surface area contributed by atoms with Crippen molar-refractivity contribution in [1.29, 1.82) is 0 Å². The molecule has 0 amide bonds. The summed E-state index contributed by atoms with van der Waals surface area (Å²) >= 11 is 8.49. The van der Waals surface area contributed by atoms with Crippen LogP contribution in [-0.4, -0.2) is 20.9 Å². The van der Waals surface area contributed by atoms with E-state index in [0.717, 1.165) is 10.2 Å². The van der Waals surface area contributed by atoms with Crippen LogP contribution >= 0.6 is 34.9 Å². The van der Waals surface area contributed by atoms with E-state index in [1.807, 2.05) is 6.92 Å². The summed E-state index contributed by atoms with van der Waals surface area (Å²) in [6, 6.07) is 6.90. The van der Waals surface area contributed by atoms with Gasteiger partial charge in [0, 0.05) is 10.6 Å². The normalized spacial score (nSPS) is 10.5. The molecule has 2 rings (SSSR count). The van der Waals surface area contributed by atoms with Crippen LogP contribution in [0.4, 0.5) is 0 Å². The first-order valence-electron chi connectivity index (χ1n) is 4.87. The SMILES string of the molecule is Cc1nsc(SCC(=O)c2ccc(Cl)cc2)n1. The molecule has 0 fully saturated rings. The molecule has 1 heterocycles. The van der Waals surface area contributed by atoms with Crippen LogP contribution in [-0.2, 0) is 0 Å². The van der Waals surface area contributed by atoms with Gasteiger partial charge in [-0.15, -0.1) is 0 Å². The topological polar surface area (TPSA) is 42.9 Å². The molecule has 0 spiro atoms. The molecule has 0 unspecified atom stereocenters. The molecule has 3 nitrogen and oxygen atoms in total. The zero-order chi connectivity index (χ0) is 12.3. The average molecular weight is 285 g/mol. The first kappa shape index (κ1) is 12.5. The molecule has 0 aliphatic rings. The first-order chi connectivity index (χ1) is 8.15. The van der Waals surface area contributed by atoms with E-state index in [-0.39, 0.29) is 5.78 Å². The third-order valence-electron chi connectivity index (χ3n) is 2.00. The zero-order valence-corrected chi connectivity index (χ0v) is 11.4. The van der Waals surface area contributed by atoms with Crippen molar-refractivity contribution in [2.24, 2.45) is 0 Å². The second kappa shape index (κ2) is 5.62. The highest BCUT2D eigenvalue weighted by atomic mass is 35.5. The van der Waals surface area contributed by atoms with E-state index >= 15 is 0 Å². The van der Waals surface area contributed by atoms with Gasteiger partial charge in [-0.1, -0.05) is 23.4 Å². The van der Waals surface area contributed by atoms with Gasteiger partial charge < -0.3 is 0 Å². The van der Waals surface area contributed by atoms with E-state index in [4.69, 9.17) is 11.6 Å². The van der Waals surface area contributed by atoms with Crippen molar-refractivity contribution in [2.45, 2.75) is 11.3 Å². The number of halogens is 1. The van der Waals surface area contributed by atoms with Crippen molar-refractivity contribution in [3.05, 3.63) is 40.7 Å². The van der Waals surface area contributed by atoms with Crippen LogP contribution in [0.5, 0.6) is 0 Å². The lowest BCUT2D eigenvalue weighted by molar-refractivity contribution is 0.102. The van der Waals surface area contributed by atoms with Crippen molar-refractivity contribution in [3.8, 4) is 0 Å². The van der Waals surface area contributed by atoms with E-state index in [9.17, 15) is 4.79 Å². The highest BCUT2D eigenvalue weighted by Crippen LogP contribution is 2.21. The summed E-state index contributed by atoms with van der Waals surface area (Å²) < 4.78 is 4.88. The molecule has 0 atom stereocenters. The number of nitrogens with zero attached hydrogens (tertiary/aromatic N) is 2. The summed E-state index contributed by atoms with van der Waals surface area (Å²) in [5.41, 5.74) is 0.670. The molecule has 0 saturated heterocycles. The van der Waals surface area contributed by atoms with Gasteiger partial charge in [-0.05, 0) is 42.7 Å². The summed E-state index contributed by atoms with van der Waals surface area (Å²) in [6.45, 7) is 1.83. The van der Waals surface area contributed by atoms with Gasteiger partial charge >= 0.3 is 0 Å². The second-order valence-corrected chi connectivity index (χ2v) is 5.74.